The molecule has 2 unspecified atom stereocenters. The zero-order valence-corrected chi connectivity index (χ0v) is 7.18. The molecule has 3 nitrogen and oxygen atoms in total. The standard InChI is InChI=1S/C8H18N2O/c1-7(10-9)4-5-8-3-2-6-11-8/h7-8,10H,2-6,9H2,1H3. The number of hydrogen-bond acceptors (Lipinski definition) is 3. The van der Waals surface area contributed by atoms with Crippen molar-refractivity contribution in [2.45, 2.75) is 44.8 Å². The fourth-order valence-corrected chi connectivity index (χ4v) is 1.39. The zero-order valence-electron chi connectivity index (χ0n) is 7.18. The van der Waals surface area contributed by atoms with E-state index in [2.05, 4.69) is 12.3 Å². The fraction of sp³-hybridized carbons (Fsp3) is 1.00. The first-order valence-electron chi connectivity index (χ1n) is 4.40. The molecule has 66 valence electrons. The fourth-order valence-electron chi connectivity index (χ4n) is 1.39. The molecule has 11 heavy (non-hydrogen) atoms. The minimum atomic E-state index is 0.416. The lowest BCUT2D eigenvalue weighted by Gasteiger charge is -2.12. The van der Waals surface area contributed by atoms with E-state index >= 15 is 0 Å². The third kappa shape index (κ3) is 3.18. The Hall–Kier alpha value is -0.120. The lowest BCUT2D eigenvalue weighted by Crippen LogP contribution is -2.33. The number of rotatable bonds is 4. The maximum absolute atomic E-state index is 5.48. The van der Waals surface area contributed by atoms with Gasteiger partial charge in [0.25, 0.3) is 0 Å². The molecule has 1 saturated heterocycles. The van der Waals surface area contributed by atoms with Gasteiger partial charge < -0.3 is 4.74 Å². The minimum Gasteiger partial charge on any atom is -0.378 e. The van der Waals surface area contributed by atoms with Crippen LogP contribution in [0, 0.1) is 0 Å². The average Bonchev–Trinajstić information content (AvgIpc) is 2.52. The van der Waals surface area contributed by atoms with Crippen molar-refractivity contribution in [2.75, 3.05) is 6.61 Å². The second kappa shape index (κ2) is 4.70. The molecule has 0 amide bonds. The second-order valence-electron chi connectivity index (χ2n) is 3.28. The van der Waals surface area contributed by atoms with Gasteiger partial charge >= 0.3 is 0 Å². The molecule has 0 aromatic heterocycles. The van der Waals surface area contributed by atoms with Gasteiger partial charge in [-0.25, -0.2) is 0 Å². The molecule has 0 saturated carbocycles. The summed E-state index contributed by atoms with van der Waals surface area (Å²) in [4.78, 5) is 0. The molecular weight excluding hydrogens is 140 g/mol. The minimum absolute atomic E-state index is 0.416. The lowest BCUT2D eigenvalue weighted by atomic mass is 10.1. The molecule has 3 heteroatoms. The first-order valence-corrected chi connectivity index (χ1v) is 4.40. The summed E-state index contributed by atoms with van der Waals surface area (Å²) < 4.78 is 5.48. The van der Waals surface area contributed by atoms with E-state index < -0.39 is 0 Å². The molecule has 0 aromatic carbocycles. The van der Waals surface area contributed by atoms with Crippen LogP contribution in [0.4, 0.5) is 0 Å². The topological polar surface area (TPSA) is 47.3 Å². The Kier molecular flexibility index (Phi) is 3.83. The Morgan fingerprint density at radius 1 is 1.73 bits per heavy atom. The van der Waals surface area contributed by atoms with Crippen LogP contribution >= 0.6 is 0 Å². The summed E-state index contributed by atoms with van der Waals surface area (Å²) >= 11 is 0. The summed E-state index contributed by atoms with van der Waals surface area (Å²) in [6.45, 7) is 3.05. The molecule has 2 atom stereocenters. The van der Waals surface area contributed by atoms with E-state index in [1.54, 1.807) is 0 Å². The predicted octanol–water partition coefficient (Wildman–Crippen LogP) is 0.797. The summed E-state index contributed by atoms with van der Waals surface area (Å²) in [7, 11) is 0. The van der Waals surface area contributed by atoms with E-state index in [1.807, 2.05) is 0 Å². The van der Waals surface area contributed by atoms with Crippen molar-refractivity contribution in [3.63, 3.8) is 0 Å². The summed E-state index contributed by atoms with van der Waals surface area (Å²) in [5.74, 6) is 5.27. The monoisotopic (exact) mass is 158 g/mol. The van der Waals surface area contributed by atoms with E-state index in [4.69, 9.17) is 10.6 Å². The SMILES string of the molecule is CC(CCC1CCCO1)NN. The van der Waals surface area contributed by atoms with E-state index in [0.717, 1.165) is 19.4 Å². The Morgan fingerprint density at radius 3 is 3.09 bits per heavy atom. The highest BCUT2D eigenvalue weighted by Gasteiger charge is 2.15. The zero-order chi connectivity index (χ0) is 8.10. The molecule has 1 aliphatic rings. The predicted molar refractivity (Wildman–Crippen MR) is 45.0 cm³/mol. The van der Waals surface area contributed by atoms with Crippen LogP contribution in [0.3, 0.4) is 0 Å². The highest BCUT2D eigenvalue weighted by Crippen LogP contribution is 2.17. The van der Waals surface area contributed by atoms with E-state index in [9.17, 15) is 0 Å². The van der Waals surface area contributed by atoms with Crippen molar-refractivity contribution in [3.05, 3.63) is 0 Å². The average molecular weight is 158 g/mol. The van der Waals surface area contributed by atoms with Crippen molar-refractivity contribution in [3.8, 4) is 0 Å². The summed E-state index contributed by atoms with van der Waals surface area (Å²) in [5.41, 5.74) is 2.73. The van der Waals surface area contributed by atoms with Gasteiger partial charge in [0.1, 0.15) is 0 Å². The smallest absolute Gasteiger partial charge is 0.0576 e. The van der Waals surface area contributed by atoms with Gasteiger partial charge in [-0.05, 0) is 32.6 Å². The molecule has 1 aliphatic heterocycles. The van der Waals surface area contributed by atoms with Gasteiger partial charge in [0, 0.05) is 12.6 Å². The van der Waals surface area contributed by atoms with Crippen LogP contribution in [0.5, 0.6) is 0 Å². The van der Waals surface area contributed by atoms with Crippen LogP contribution in [0.25, 0.3) is 0 Å². The van der Waals surface area contributed by atoms with Crippen LogP contribution in [0.2, 0.25) is 0 Å². The van der Waals surface area contributed by atoms with Gasteiger partial charge in [0.05, 0.1) is 6.10 Å². The van der Waals surface area contributed by atoms with E-state index in [0.29, 0.717) is 12.1 Å². The second-order valence-corrected chi connectivity index (χ2v) is 3.28. The molecule has 3 N–H and O–H groups in total. The van der Waals surface area contributed by atoms with Gasteiger partial charge in [-0.15, -0.1) is 0 Å². The van der Waals surface area contributed by atoms with Crippen LogP contribution in [-0.2, 0) is 4.74 Å². The summed E-state index contributed by atoms with van der Waals surface area (Å²) in [6.07, 6.45) is 5.23. The molecule has 0 radical (unpaired) electrons. The number of ether oxygens (including phenoxy) is 1. The normalized spacial score (nSPS) is 27.3. The number of hydrogen-bond donors (Lipinski definition) is 2. The van der Waals surface area contributed by atoms with Crippen LogP contribution in [-0.4, -0.2) is 18.8 Å². The Bertz CT molecular complexity index is 102. The molecule has 0 aliphatic carbocycles. The Labute approximate surface area is 68.3 Å². The van der Waals surface area contributed by atoms with E-state index in [-0.39, 0.29) is 0 Å². The highest BCUT2D eigenvalue weighted by molar-refractivity contribution is 4.67. The highest BCUT2D eigenvalue weighted by atomic mass is 16.5. The molecule has 0 spiro atoms. The number of hydrazine groups is 1. The molecule has 1 heterocycles. The van der Waals surface area contributed by atoms with Crippen LogP contribution in [0.15, 0.2) is 0 Å². The van der Waals surface area contributed by atoms with E-state index in [1.165, 1.54) is 12.8 Å². The van der Waals surface area contributed by atoms with Gasteiger partial charge in [-0.1, -0.05) is 0 Å². The Morgan fingerprint density at radius 2 is 2.55 bits per heavy atom. The van der Waals surface area contributed by atoms with Gasteiger partial charge in [-0.2, -0.15) is 0 Å². The summed E-state index contributed by atoms with van der Waals surface area (Å²) in [6, 6.07) is 0.416. The number of nitrogens with one attached hydrogen (secondary N) is 1. The molecule has 0 bridgehead atoms. The van der Waals surface area contributed by atoms with Crippen molar-refractivity contribution < 1.29 is 4.74 Å². The molecular formula is C8H18N2O. The maximum Gasteiger partial charge on any atom is 0.0576 e. The quantitative estimate of drug-likeness (QED) is 0.470. The molecule has 1 rings (SSSR count). The molecule has 1 fully saturated rings. The first-order chi connectivity index (χ1) is 5.33. The third-order valence-corrected chi connectivity index (χ3v) is 2.23. The summed E-state index contributed by atoms with van der Waals surface area (Å²) in [5, 5.41) is 0. The van der Waals surface area contributed by atoms with Gasteiger partial charge in [0.2, 0.25) is 0 Å². The van der Waals surface area contributed by atoms with Crippen molar-refractivity contribution in [1.29, 1.82) is 0 Å². The first kappa shape index (κ1) is 8.97. The van der Waals surface area contributed by atoms with Gasteiger partial charge in [-0.3, -0.25) is 11.3 Å². The largest absolute Gasteiger partial charge is 0.378 e. The third-order valence-electron chi connectivity index (χ3n) is 2.23. The van der Waals surface area contributed by atoms with Crippen molar-refractivity contribution in [1.82, 2.24) is 5.43 Å². The maximum atomic E-state index is 5.48. The van der Waals surface area contributed by atoms with Crippen molar-refractivity contribution >= 4 is 0 Å². The Balaban J connectivity index is 2.01. The molecule has 0 aromatic rings. The van der Waals surface area contributed by atoms with Crippen LogP contribution in [0.1, 0.15) is 32.6 Å². The van der Waals surface area contributed by atoms with Gasteiger partial charge in [0.15, 0.2) is 0 Å². The number of nitrogens with two attached hydrogens (primary N) is 1. The van der Waals surface area contributed by atoms with Crippen LogP contribution < -0.4 is 11.3 Å². The van der Waals surface area contributed by atoms with Crippen molar-refractivity contribution in [2.24, 2.45) is 5.84 Å². The lowest BCUT2D eigenvalue weighted by molar-refractivity contribution is 0.100.